The number of phenolic OH excluding ortho intramolecular Hbond substituents is 1. The van der Waals surface area contributed by atoms with E-state index in [1.165, 1.54) is 27.4 Å². The molecule has 1 aliphatic rings. The molecule has 2 unspecified atom stereocenters. The molecular formula is C20H24O8. The zero-order chi connectivity index (χ0) is 20.1. The molecule has 0 bridgehead atoms. The molecule has 2 aromatic rings. The zero-order valence-electron chi connectivity index (χ0n) is 16.0. The molecule has 0 amide bonds. The molecule has 0 spiro atoms. The first-order chi connectivity index (χ1) is 13.6. The van der Waals surface area contributed by atoms with Crippen LogP contribution in [0.15, 0.2) is 30.3 Å². The Kier molecular flexibility index (Phi) is 6.45. The number of hydrogen-bond acceptors (Lipinski definition) is 8. The molecule has 8 nitrogen and oxygen atoms in total. The number of aromatic hydroxyl groups is 1. The summed E-state index contributed by atoms with van der Waals surface area (Å²) >= 11 is 0. The Hall–Kier alpha value is -2.68. The predicted octanol–water partition coefficient (Wildman–Crippen LogP) is 2.40. The Labute approximate surface area is 163 Å². The van der Waals surface area contributed by atoms with Gasteiger partial charge in [-0.15, -0.1) is 0 Å². The first-order valence-corrected chi connectivity index (χ1v) is 8.69. The maximum Gasteiger partial charge on any atom is 0.188 e. The summed E-state index contributed by atoms with van der Waals surface area (Å²) in [6.45, 7) is 0.118. The largest absolute Gasteiger partial charge is 0.504 e. The minimum atomic E-state index is -0.837. The van der Waals surface area contributed by atoms with Gasteiger partial charge in [0.05, 0.1) is 13.2 Å². The molecule has 0 radical (unpaired) electrons. The van der Waals surface area contributed by atoms with E-state index in [9.17, 15) is 10.2 Å². The lowest BCUT2D eigenvalue weighted by Crippen LogP contribution is -2.30. The third kappa shape index (κ3) is 4.24. The van der Waals surface area contributed by atoms with Crippen molar-refractivity contribution in [1.82, 2.24) is 0 Å². The number of fused-ring (bicyclic) bond motifs is 1. The summed E-state index contributed by atoms with van der Waals surface area (Å²) in [5.74, 6) is 1.84. The van der Waals surface area contributed by atoms with Crippen LogP contribution in [0.3, 0.4) is 0 Å². The highest BCUT2D eigenvalue weighted by atomic mass is 16.7. The quantitative estimate of drug-likeness (QED) is 0.662. The Bertz CT molecular complexity index is 807. The SMILES string of the molecule is COCOc1cc(OCOC)c2c(c1)OC(c1ccc(OC)c(O)c1)C(O)C2. The second-order valence-corrected chi connectivity index (χ2v) is 6.24. The molecule has 2 atom stereocenters. The van der Waals surface area contributed by atoms with Crippen molar-refractivity contribution in [2.75, 3.05) is 34.9 Å². The van der Waals surface area contributed by atoms with Gasteiger partial charge in [-0.3, -0.25) is 0 Å². The molecule has 0 aromatic heterocycles. The molecule has 3 rings (SSSR count). The minimum absolute atomic E-state index is 0.0251. The van der Waals surface area contributed by atoms with Crippen LogP contribution in [0.1, 0.15) is 17.2 Å². The van der Waals surface area contributed by atoms with Gasteiger partial charge in [0.15, 0.2) is 25.1 Å². The van der Waals surface area contributed by atoms with Crippen LogP contribution in [-0.4, -0.2) is 51.2 Å². The molecule has 1 aliphatic heterocycles. The normalized spacial score (nSPS) is 18.1. The van der Waals surface area contributed by atoms with Crippen molar-refractivity contribution in [2.24, 2.45) is 0 Å². The lowest BCUT2D eigenvalue weighted by molar-refractivity contribution is 0.0144. The van der Waals surface area contributed by atoms with Crippen LogP contribution in [0.5, 0.6) is 28.7 Å². The van der Waals surface area contributed by atoms with Crippen LogP contribution >= 0.6 is 0 Å². The summed E-state index contributed by atoms with van der Waals surface area (Å²) in [5, 5.41) is 20.7. The number of ether oxygens (including phenoxy) is 6. The van der Waals surface area contributed by atoms with E-state index < -0.39 is 12.2 Å². The van der Waals surface area contributed by atoms with Gasteiger partial charge in [-0.05, 0) is 17.7 Å². The van der Waals surface area contributed by atoms with E-state index in [4.69, 9.17) is 28.4 Å². The molecular weight excluding hydrogens is 368 g/mol. The Morgan fingerprint density at radius 3 is 2.43 bits per heavy atom. The molecule has 28 heavy (non-hydrogen) atoms. The maximum atomic E-state index is 10.7. The summed E-state index contributed by atoms with van der Waals surface area (Å²) in [6, 6.07) is 8.31. The van der Waals surface area contributed by atoms with E-state index in [0.717, 1.165) is 0 Å². The molecule has 0 saturated heterocycles. The number of rotatable bonds is 8. The third-order valence-corrected chi connectivity index (χ3v) is 4.37. The molecule has 0 saturated carbocycles. The molecule has 0 aliphatic carbocycles. The Morgan fingerprint density at radius 1 is 1.00 bits per heavy atom. The molecule has 1 heterocycles. The molecule has 8 heteroatoms. The summed E-state index contributed by atoms with van der Waals surface area (Å²) < 4.78 is 32.2. The molecule has 2 N–H and O–H groups in total. The second-order valence-electron chi connectivity index (χ2n) is 6.24. The van der Waals surface area contributed by atoms with Crippen LogP contribution in [0, 0.1) is 0 Å². The number of hydrogen-bond donors (Lipinski definition) is 2. The average molecular weight is 392 g/mol. The van der Waals surface area contributed by atoms with Crippen LogP contribution in [0.4, 0.5) is 0 Å². The van der Waals surface area contributed by atoms with E-state index in [1.54, 1.807) is 24.3 Å². The summed E-state index contributed by atoms with van der Waals surface area (Å²) in [6.07, 6.45) is -1.20. The molecule has 152 valence electrons. The lowest BCUT2D eigenvalue weighted by atomic mass is 9.94. The Morgan fingerprint density at radius 2 is 1.75 bits per heavy atom. The fraction of sp³-hybridized carbons (Fsp3) is 0.400. The van der Waals surface area contributed by atoms with Crippen LogP contribution in [-0.2, 0) is 15.9 Å². The van der Waals surface area contributed by atoms with Crippen molar-refractivity contribution in [3.8, 4) is 28.7 Å². The predicted molar refractivity (Wildman–Crippen MR) is 99.2 cm³/mol. The first kappa shape index (κ1) is 20.1. The number of methoxy groups -OCH3 is 3. The minimum Gasteiger partial charge on any atom is -0.504 e. The van der Waals surface area contributed by atoms with Gasteiger partial charge in [-0.1, -0.05) is 6.07 Å². The van der Waals surface area contributed by atoms with Crippen molar-refractivity contribution in [3.05, 3.63) is 41.5 Å². The maximum absolute atomic E-state index is 10.7. The van der Waals surface area contributed by atoms with Crippen molar-refractivity contribution >= 4 is 0 Å². The average Bonchev–Trinajstić information content (AvgIpc) is 2.70. The summed E-state index contributed by atoms with van der Waals surface area (Å²) in [4.78, 5) is 0. The van der Waals surface area contributed by atoms with E-state index in [-0.39, 0.29) is 19.3 Å². The summed E-state index contributed by atoms with van der Waals surface area (Å²) in [5.41, 5.74) is 1.34. The van der Waals surface area contributed by atoms with E-state index in [0.29, 0.717) is 40.5 Å². The Balaban J connectivity index is 1.93. The fourth-order valence-electron chi connectivity index (χ4n) is 3.07. The summed E-state index contributed by atoms with van der Waals surface area (Å²) in [7, 11) is 4.52. The van der Waals surface area contributed by atoms with E-state index in [2.05, 4.69) is 0 Å². The fourth-order valence-corrected chi connectivity index (χ4v) is 3.07. The highest BCUT2D eigenvalue weighted by Crippen LogP contribution is 2.43. The molecule has 2 aromatic carbocycles. The monoisotopic (exact) mass is 392 g/mol. The van der Waals surface area contributed by atoms with Gasteiger partial charge in [-0.25, -0.2) is 0 Å². The van der Waals surface area contributed by atoms with Gasteiger partial charge in [0.25, 0.3) is 0 Å². The molecule has 0 fully saturated rings. The smallest absolute Gasteiger partial charge is 0.188 e. The number of benzene rings is 2. The van der Waals surface area contributed by atoms with Gasteiger partial charge in [-0.2, -0.15) is 0 Å². The second kappa shape index (κ2) is 9.01. The van der Waals surface area contributed by atoms with Gasteiger partial charge < -0.3 is 38.6 Å². The van der Waals surface area contributed by atoms with Gasteiger partial charge in [0, 0.05) is 38.3 Å². The highest BCUT2D eigenvalue weighted by molar-refractivity contribution is 5.53. The first-order valence-electron chi connectivity index (χ1n) is 8.69. The van der Waals surface area contributed by atoms with Gasteiger partial charge in [0.1, 0.15) is 23.4 Å². The van der Waals surface area contributed by atoms with Gasteiger partial charge >= 0.3 is 0 Å². The number of aliphatic hydroxyl groups is 1. The van der Waals surface area contributed by atoms with E-state index in [1.807, 2.05) is 0 Å². The zero-order valence-corrected chi connectivity index (χ0v) is 16.0. The van der Waals surface area contributed by atoms with E-state index >= 15 is 0 Å². The standard InChI is InChI=1S/C20H24O8/c1-23-10-26-13-7-18(27-11-24-2)14-9-16(22)20(28-19(14)8-13)12-4-5-17(25-3)15(21)6-12/h4-8,16,20-22H,9-11H2,1-3H3. The topological polar surface area (TPSA) is 95.8 Å². The van der Waals surface area contributed by atoms with Crippen LogP contribution < -0.4 is 18.9 Å². The van der Waals surface area contributed by atoms with Crippen molar-refractivity contribution < 1.29 is 38.6 Å². The number of aliphatic hydroxyl groups excluding tert-OH is 1. The van der Waals surface area contributed by atoms with Gasteiger partial charge in [0.2, 0.25) is 0 Å². The van der Waals surface area contributed by atoms with Crippen molar-refractivity contribution in [2.45, 2.75) is 18.6 Å². The lowest BCUT2D eigenvalue weighted by Gasteiger charge is -2.32. The van der Waals surface area contributed by atoms with Crippen molar-refractivity contribution in [1.29, 1.82) is 0 Å². The number of phenols is 1. The van der Waals surface area contributed by atoms with Crippen molar-refractivity contribution in [3.63, 3.8) is 0 Å². The highest BCUT2D eigenvalue weighted by Gasteiger charge is 2.33. The third-order valence-electron chi connectivity index (χ3n) is 4.37. The van der Waals surface area contributed by atoms with Crippen LogP contribution in [0.2, 0.25) is 0 Å². The van der Waals surface area contributed by atoms with Crippen LogP contribution in [0.25, 0.3) is 0 Å².